The number of hydrogen-bond donors (Lipinski definition) is 1. The maximum atomic E-state index is 11.8. The molecule has 1 rings (SSSR count). The highest BCUT2D eigenvalue weighted by molar-refractivity contribution is 5.91. The van der Waals surface area contributed by atoms with Crippen molar-refractivity contribution in [1.29, 1.82) is 0 Å². The molecule has 0 atom stereocenters. The fourth-order valence-corrected chi connectivity index (χ4v) is 1.39. The third-order valence-electron chi connectivity index (χ3n) is 2.55. The Kier molecular flexibility index (Phi) is 4.59. The van der Waals surface area contributed by atoms with Crippen LogP contribution in [0, 0.1) is 5.41 Å². The van der Waals surface area contributed by atoms with Gasteiger partial charge in [-0.2, -0.15) is 0 Å². The van der Waals surface area contributed by atoms with Crippen LogP contribution in [0.4, 0.5) is 5.69 Å². The van der Waals surface area contributed by atoms with Crippen LogP contribution < -0.4 is 10.5 Å². The largest absolute Gasteiger partial charge is 0.495 e. The van der Waals surface area contributed by atoms with Gasteiger partial charge in [0.15, 0.2) is 0 Å². The lowest BCUT2D eigenvalue weighted by molar-refractivity contribution is 0.0465. The molecule has 0 saturated carbocycles. The van der Waals surface area contributed by atoms with Gasteiger partial charge in [0.2, 0.25) is 0 Å². The number of nitrogen functional groups attached to an aromatic ring is 1. The zero-order chi connectivity index (χ0) is 13.8. The molecule has 0 unspecified atom stereocenters. The second-order valence-corrected chi connectivity index (χ2v) is 5.40. The minimum Gasteiger partial charge on any atom is -0.495 e. The number of benzene rings is 1. The first kappa shape index (κ1) is 14.4. The second-order valence-electron chi connectivity index (χ2n) is 5.40. The molecule has 0 bridgehead atoms. The minimum absolute atomic E-state index is 0.152. The second kappa shape index (κ2) is 5.76. The number of hydrogen-bond acceptors (Lipinski definition) is 4. The van der Waals surface area contributed by atoms with E-state index in [1.807, 2.05) is 0 Å². The van der Waals surface area contributed by atoms with E-state index in [0.29, 0.717) is 23.6 Å². The highest BCUT2D eigenvalue weighted by atomic mass is 16.5. The summed E-state index contributed by atoms with van der Waals surface area (Å²) in [5.41, 5.74) is 6.77. The Morgan fingerprint density at radius 1 is 1.33 bits per heavy atom. The SMILES string of the molecule is COc1ccc(C(=O)OCCC(C)(C)C)cc1N. The summed E-state index contributed by atoms with van der Waals surface area (Å²) in [5, 5.41) is 0. The quantitative estimate of drug-likeness (QED) is 0.660. The fraction of sp³-hybridized carbons (Fsp3) is 0.500. The van der Waals surface area contributed by atoms with E-state index >= 15 is 0 Å². The van der Waals surface area contributed by atoms with E-state index in [-0.39, 0.29) is 11.4 Å². The molecule has 100 valence electrons. The van der Waals surface area contributed by atoms with Gasteiger partial charge in [0.1, 0.15) is 5.75 Å². The van der Waals surface area contributed by atoms with Gasteiger partial charge in [-0.25, -0.2) is 4.79 Å². The number of carbonyl (C=O) groups is 1. The van der Waals surface area contributed by atoms with Crippen LogP contribution in [0.2, 0.25) is 0 Å². The number of methoxy groups -OCH3 is 1. The van der Waals surface area contributed by atoms with Crippen LogP contribution in [0.1, 0.15) is 37.6 Å². The predicted molar refractivity (Wildman–Crippen MR) is 71.8 cm³/mol. The van der Waals surface area contributed by atoms with Gasteiger partial charge in [-0.1, -0.05) is 20.8 Å². The molecule has 0 fully saturated rings. The van der Waals surface area contributed by atoms with Gasteiger partial charge in [0.25, 0.3) is 0 Å². The predicted octanol–water partition coefficient (Wildman–Crippen LogP) is 2.87. The molecule has 4 heteroatoms. The van der Waals surface area contributed by atoms with Gasteiger partial charge in [-0.05, 0) is 30.0 Å². The Morgan fingerprint density at radius 3 is 2.50 bits per heavy atom. The molecule has 0 saturated heterocycles. The molecule has 1 aromatic carbocycles. The van der Waals surface area contributed by atoms with Crippen molar-refractivity contribution in [1.82, 2.24) is 0 Å². The number of nitrogens with two attached hydrogens (primary N) is 1. The molecule has 1 aromatic rings. The van der Waals surface area contributed by atoms with Crippen LogP contribution in [-0.2, 0) is 4.74 Å². The van der Waals surface area contributed by atoms with Crippen molar-refractivity contribution in [3.63, 3.8) is 0 Å². The summed E-state index contributed by atoms with van der Waals surface area (Å²) in [7, 11) is 1.53. The first-order chi connectivity index (χ1) is 8.33. The van der Waals surface area contributed by atoms with Gasteiger partial charge in [0.05, 0.1) is 25.0 Å². The smallest absolute Gasteiger partial charge is 0.338 e. The summed E-state index contributed by atoms with van der Waals surface area (Å²) in [6, 6.07) is 4.88. The van der Waals surface area contributed by atoms with Crippen molar-refractivity contribution in [2.75, 3.05) is 19.5 Å². The Balaban J connectivity index is 2.59. The third-order valence-corrected chi connectivity index (χ3v) is 2.55. The monoisotopic (exact) mass is 251 g/mol. The molecule has 0 heterocycles. The van der Waals surface area contributed by atoms with E-state index in [4.69, 9.17) is 15.2 Å². The van der Waals surface area contributed by atoms with Gasteiger partial charge < -0.3 is 15.2 Å². The number of anilines is 1. The average Bonchev–Trinajstić information content (AvgIpc) is 2.27. The summed E-state index contributed by atoms with van der Waals surface area (Å²) in [6.45, 7) is 6.72. The zero-order valence-electron chi connectivity index (χ0n) is 11.4. The lowest BCUT2D eigenvalue weighted by Crippen LogP contribution is -2.13. The van der Waals surface area contributed by atoms with Gasteiger partial charge in [-0.15, -0.1) is 0 Å². The average molecular weight is 251 g/mol. The third kappa shape index (κ3) is 4.28. The number of rotatable bonds is 4. The number of esters is 1. The van der Waals surface area contributed by atoms with Crippen LogP contribution in [0.15, 0.2) is 18.2 Å². The van der Waals surface area contributed by atoms with Crippen LogP contribution in [0.3, 0.4) is 0 Å². The molecule has 0 amide bonds. The Hall–Kier alpha value is -1.71. The lowest BCUT2D eigenvalue weighted by Gasteiger charge is -2.17. The van der Waals surface area contributed by atoms with E-state index < -0.39 is 0 Å². The minimum atomic E-state index is -0.353. The molecule has 0 spiro atoms. The van der Waals surface area contributed by atoms with Crippen molar-refractivity contribution in [3.05, 3.63) is 23.8 Å². The van der Waals surface area contributed by atoms with Crippen LogP contribution in [0.5, 0.6) is 5.75 Å². The standard InChI is InChI=1S/C14H21NO3/c1-14(2,3)7-8-18-13(16)10-5-6-12(17-4)11(15)9-10/h5-6,9H,7-8,15H2,1-4H3. The van der Waals surface area contributed by atoms with E-state index in [1.54, 1.807) is 18.2 Å². The maximum Gasteiger partial charge on any atom is 0.338 e. The number of ether oxygens (including phenoxy) is 2. The van der Waals surface area contributed by atoms with Gasteiger partial charge >= 0.3 is 5.97 Å². The van der Waals surface area contributed by atoms with Crippen molar-refractivity contribution in [2.24, 2.45) is 5.41 Å². The lowest BCUT2D eigenvalue weighted by atomic mass is 9.93. The zero-order valence-corrected chi connectivity index (χ0v) is 11.4. The van der Waals surface area contributed by atoms with E-state index in [0.717, 1.165) is 6.42 Å². The van der Waals surface area contributed by atoms with E-state index in [1.165, 1.54) is 7.11 Å². The Morgan fingerprint density at radius 2 is 2.00 bits per heavy atom. The van der Waals surface area contributed by atoms with Gasteiger partial charge in [0, 0.05) is 0 Å². The summed E-state index contributed by atoms with van der Waals surface area (Å²) >= 11 is 0. The molecule has 0 aliphatic carbocycles. The topological polar surface area (TPSA) is 61.5 Å². The Labute approximate surface area is 108 Å². The van der Waals surface area contributed by atoms with E-state index in [2.05, 4.69) is 20.8 Å². The molecular weight excluding hydrogens is 230 g/mol. The Bertz CT molecular complexity index is 422. The van der Waals surface area contributed by atoms with Crippen molar-refractivity contribution < 1.29 is 14.3 Å². The van der Waals surface area contributed by atoms with Crippen molar-refractivity contribution in [3.8, 4) is 5.75 Å². The molecule has 18 heavy (non-hydrogen) atoms. The first-order valence-corrected chi connectivity index (χ1v) is 5.94. The highest BCUT2D eigenvalue weighted by Crippen LogP contribution is 2.23. The van der Waals surface area contributed by atoms with Crippen molar-refractivity contribution in [2.45, 2.75) is 27.2 Å². The summed E-state index contributed by atoms with van der Waals surface area (Å²) in [5.74, 6) is 0.204. The summed E-state index contributed by atoms with van der Waals surface area (Å²) < 4.78 is 10.2. The maximum absolute atomic E-state index is 11.8. The van der Waals surface area contributed by atoms with Crippen molar-refractivity contribution >= 4 is 11.7 Å². The molecule has 4 nitrogen and oxygen atoms in total. The highest BCUT2D eigenvalue weighted by Gasteiger charge is 2.13. The summed E-state index contributed by atoms with van der Waals surface area (Å²) in [4.78, 5) is 11.8. The molecule has 2 N–H and O–H groups in total. The molecule has 0 radical (unpaired) electrons. The normalized spacial score (nSPS) is 11.1. The van der Waals surface area contributed by atoms with Crippen LogP contribution >= 0.6 is 0 Å². The van der Waals surface area contributed by atoms with Gasteiger partial charge in [-0.3, -0.25) is 0 Å². The molecule has 0 aliphatic rings. The summed E-state index contributed by atoms with van der Waals surface area (Å²) in [6.07, 6.45) is 0.824. The van der Waals surface area contributed by atoms with E-state index in [9.17, 15) is 4.79 Å². The molecule has 0 aromatic heterocycles. The molecule has 0 aliphatic heterocycles. The molecular formula is C14H21NO3. The van der Waals surface area contributed by atoms with Crippen LogP contribution in [0.25, 0.3) is 0 Å². The first-order valence-electron chi connectivity index (χ1n) is 5.94. The fourth-order valence-electron chi connectivity index (χ4n) is 1.39. The van der Waals surface area contributed by atoms with Crippen LogP contribution in [-0.4, -0.2) is 19.7 Å². The number of carbonyl (C=O) groups excluding carboxylic acids is 1.